The van der Waals surface area contributed by atoms with Gasteiger partial charge < -0.3 is 10.4 Å². The zero-order valence-corrected chi connectivity index (χ0v) is 13.1. The lowest BCUT2D eigenvalue weighted by molar-refractivity contribution is 0.0701. The Labute approximate surface area is 130 Å². The van der Waals surface area contributed by atoms with E-state index in [0.29, 0.717) is 21.8 Å². The number of aromatic nitrogens is 1. The van der Waals surface area contributed by atoms with Crippen molar-refractivity contribution >= 4 is 23.2 Å². The highest BCUT2D eigenvalue weighted by Crippen LogP contribution is 2.24. The van der Waals surface area contributed by atoms with Gasteiger partial charge in [0.1, 0.15) is 15.7 Å². The summed E-state index contributed by atoms with van der Waals surface area (Å²) in [6.45, 7) is 4.99. The van der Waals surface area contributed by atoms with Crippen molar-refractivity contribution in [1.82, 2.24) is 10.3 Å². The number of aryl methyl sites for hydroxylation is 2. The lowest BCUT2D eigenvalue weighted by Crippen LogP contribution is -2.27. The summed E-state index contributed by atoms with van der Waals surface area (Å²) < 4.78 is 13.1. The number of benzene rings is 1. The molecule has 0 aliphatic heterocycles. The van der Waals surface area contributed by atoms with Crippen LogP contribution in [0, 0.1) is 19.7 Å². The Bertz CT molecular complexity index is 742. The standard InChI is InChI=1S/C15H15FN2O3S/c1-7-6-10(16)4-5-11(7)13(19)17-9(3)14-18-8(2)12(22-14)15(20)21/h4-6,9H,1-3H3,(H,17,19)(H,20,21). The lowest BCUT2D eigenvalue weighted by Gasteiger charge is -2.12. The van der Waals surface area contributed by atoms with Crippen LogP contribution in [0.3, 0.4) is 0 Å². The van der Waals surface area contributed by atoms with E-state index < -0.39 is 17.8 Å². The molecule has 22 heavy (non-hydrogen) atoms. The van der Waals surface area contributed by atoms with E-state index in [1.54, 1.807) is 20.8 Å². The van der Waals surface area contributed by atoms with Crippen molar-refractivity contribution in [3.63, 3.8) is 0 Å². The number of hydrogen-bond acceptors (Lipinski definition) is 4. The average molecular weight is 322 g/mol. The second-order valence-electron chi connectivity index (χ2n) is 4.93. The number of carbonyl (C=O) groups excluding carboxylic acids is 1. The monoisotopic (exact) mass is 322 g/mol. The molecule has 1 amide bonds. The number of nitrogens with zero attached hydrogens (tertiary/aromatic N) is 1. The Morgan fingerprint density at radius 1 is 1.36 bits per heavy atom. The normalized spacial score (nSPS) is 12.0. The number of amides is 1. The van der Waals surface area contributed by atoms with Gasteiger partial charge in [-0.25, -0.2) is 14.2 Å². The maximum atomic E-state index is 13.1. The number of nitrogens with one attached hydrogen (secondary N) is 1. The SMILES string of the molecule is Cc1cc(F)ccc1C(=O)NC(C)c1nc(C)c(C(=O)O)s1. The first-order valence-corrected chi connectivity index (χ1v) is 7.39. The molecule has 1 aromatic heterocycles. The van der Waals surface area contributed by atoms with Crippen LogP contribution < -0.4 is 5.32 Å². The van der Waals surface area contributed by atoms with Gasteiger partial charge in [-0.3, -0.25) is 4.79 Å². The van der Waals surface area contributed by atoms with Gasteiger partial charge in [0.15, 0.2) is 0 Å². The number of carboxylic acid groups (broad SMARTS) is 1. The van der Waals surface area contributed by atoms with Gasteiger partial charge in [-0.2, -0.15) is 0 Å². The van der Waals surface area contributed by atoms with Gasteiger partial charge in [-0.1, -0.05) is 0 Å². The van der Waals surface area contributed by atoms with E-state index in [9.17, 15) is 14.0 Å². The summed E-state index contributed by atoms with van der Waals surface area (Å²) in [6.07, 6.45) is 0. The molecular weight excluding hydrogens is 307 g/mol. The average Bonchev–Trinajstić information content (AvgIpc) is 2.80. The minimum Gasteiger partial charge on any atom is -0.477 e. The first-order chi connectivity index (χ1) is 10.3. The number of aromatic carboxylic acids is 1. The molecule has 2 rings (SSSR count). The molecule has 0 saturated heterocycles. The Balaban J connectivity index is 2.17. The van der Waals surface area contributed by atoms with Gasteiger partial charge in [-0.15, -0.1) is 11.3 Å². The fourth-order valence-corrected chi connectivity index (χ4v) is 2.93. The van der Waals surface area contributed by atoms with Crippen LogP contribution in [0.2, 0.25) is 0 Å². The van der Waals surface area contributed by atoms with Crippen molar-refractivity contribution < 1.29 is 19.1 Å². The van der Waals surface area contributed by atoms with E-state index in [1.807, 2.05) is 0 Å². The number of carboxylic acids is 1. The molecule has 0 fully saturated rings. The van der Waals surface area contributed by atoms with Gasteiger partial charge in [0, 0.05) is 5.56 Å². The third-order valence-electron chi connectivity index (χ3n) is 3.16. The Hall–Kier alpha value is -2.28. The summed E-state index contributed by atoms with van der Waals surface area (Å²) in [5, 5.41) is 12.3. The van der Waals surface area contributed by atoms with Gasteiger partial charge in [-0.05, 0) is 44.5 Å². The largest absolute Gasteiger partial charge is 0.477 e. The fraction of sp³-hybridized carbons (Fsp3) is 0.267. The van der Waals surface area contributed by atoms with Gasteiger partial charge in [0.05, 0.1) is 11.7 Å². The Kier molecular flexibility index (Phi) is 4.56. The van der Waals surface area contributed by atoms with E-state index >= 15 is 0 Å². The predicted octanol–water partition coefficient (Wildman–Crippen LogP) is 3.09. The number of hydrogen-bond donors (Lipinski definition) is 2. The van der Waals surface area contributed by atoms with Crippen LogP contribution in [0.1, 0.15) is 49.3 Å². The first-order valence-electron chi connectivity index (χ1n) is 6.57. The summed E-state index contributed by atoms with van der Waals surface area (Å²) in [5.41, 5.74) is 1.33. The van der Waals surface area contributed by atoms with E-state index in [2.05, 4.69) is 10.3 Å². The molecule has 0 spiro atoms. The molecular formula is C15H15FN2O3S. The molecule has 0 aliphatic carbocycles. The molecule has 1 heterocycles. The molecule has 116 valence electrons. The fourth-order valence-electron chi connectivity index (χ4n) is 2.02. The molecule has 0 bridgehead atoms. The van der Waals surface area contributed by atoms with Crippen molar-refractivity contribution in [2.24, 2.45) is 0 Å². The highest BCUT2D eigenvalue weighted by Gasteiger charge is 2.20. The van der Waals surface area contributed by atoms with E-state index in [1.165, 1.54) is 18.2 Å². The minimum atomic E-state index is -1.03. The molecule has 0 saturated carbocycles. The number of halogens is 1. The van der Waals surface area contributed by atoms with E-state index in [-0.39, 0.29) is 10.8 Å². The van der Waals surface area contributed by atoms with Crippen molar-refractivity contribution in [2.75, 3.05) is 0 Å². The summed E-state index contributed by atoms with van der Waals surface area (Å²) in [6, 6.07) is 3.50. The van der Waals surface area contributed by atoms with Gasteiger partial charge in [0.25, 0.3) is 5.91 Å². The topological polar surface area (TPSA) is 79.3 Å². The molecule has 1 aromatic carbocycles. The molecule has 2 N–H and O–H groups in total. The van der Waals surface area contributed by atoms with Gasteiger partial charge >= 0.3 is 5.97 Å². The number of carbonyl (C=O) groups is 2. The highest BCUT2D eigenvalue weighted by molar-refractivity contribution is 7.13. The van der Waals surface area contributed by atoms with E-state index in [0.717, 1.165) is 11.3 Å². The zero-order chi connectivity index (χ0) is 16.4. The molecule has 0 radical (unpaired) electrons. The Morgan fingerprint density at radius 3 is 2.59 bits per heavy atom. The van der Waals surface area contributed by atoms with Crippen LogP contribution in [-0.2, 0) is 0 Å². The summed E-state index contributed by atoms with van der Waals surface area (Å²) in [7, 11) is 0. The molecule has 0 aliphatic rings. The van der Waals surface area contributed by atoms with Crippen LogP contribution >= 0.6 is 11.3 Å². The Morgan fingerprint density at radius 2 is 2.05 bits per heavy atom. The van der Waals surface area contributed by atoms with Crippen molar-refractivity contribution in [2.45, 2.75) is 26.8 Å². The van der Waals surface area contributed by atoms with Gasteiger partial charge in [0.2, 0.25) is 0 Å². The van der Waals surface area contributed by atoms with Crippen LogP contribution in [0.4, 0.5) is 4.39 Å². The first kappa shape index (κ1) is 16.1. The van der Waals surface area contributed by atoms with E-state index in [4.69, 9.17) is 5.11 Å². The number of rotatable bonds is 4. The smallest absolute Gasteiger partial charge is 0.347 e. The zero-order valence-electron chi connectivity index (χ0n) is 12.3. The minimum absolute atomic E-state index is 0.161. The van der Waals surface area contributed by atoms with Crippen molar-refractivity contribution in [1.29, 1.82) is 0 Å². The maximum absolute atomic E-state index is 13.1. The quantitative estimate of drug-likeness (QED) is 0.906. The third kappa shape index (κ3) is 3.30. The molecule has 1 atom stereocenters. The van der Waals surface area contributed by atoms with Crippen LogP contribution in [-0.4, -0.2) is 22.0 Å². The lowest BCUT2D eigenvalue weighted by atomic mass is 10.1. The summed E-state index contributed by atoms with van der Waals surface area (Å²) in [4.78, 5) is 27.6. The van der Waals surface area contributed by atoms with Crippen LogP contribution in [0.25, 0.3) is 0 Å². The van der Waals surface area contributed by atoms with Crippen LogP contribution in [0.5, 0.6) is 0 Å². The predicted molar refractivity (Wildman–Crippen MR) is 80.8 cm³/mol. The molecule has 2 aromatic rings. The maximum Gasteiger partial charge on any atom is 0.347 e. The van der Waals surface area contributed by atoms with Crippen molar-refractivity contribution in [3.8, 4) is 0 Å². The second kappa shape index (κ2) is 6.23. The number of thiazole rings is 1. The molecule has 5 nitrogen and oxygen atoms in total. The third-order valence-corrected chi connectivity index (χ3v) is 4.49. The summed E-state index contributed by atoms with van der Waals surface area (Å²) in [5.74, 6) is -1.78. The molecule has 7 heteroatoms. The summed E-state index contributed by atoms with van der Waals surface area (Å²) >= 11 is 1.03. The van der Waals surface area contributed by atoms with Crippen molar-refractivity contribution in [3.05, 3.63) is 50.7 Å². The van der Waals surface area contributed by atoms with Crippen LogP contribution in [0.15, 0.2) is 18.2 Å². The molecule has 1 unspecified atom stereocenters. The highest BCUT2D eigenvalue weighted by atomic mass is 32.1. The second-order valence-corrected chi connectivity index (χ2v) is 5.96.